The minimum Gasteiger partial charge on any atom is -0.546 e. The Morgan fingerprint density at radius 1 is 1.05 bits per heavy atom. The predicted molar refractivity (Wildman–Crippen MR) is 75.8 cm³/mol. The third-order valence-corrected chi connectivity index (χ3v) is 2.92. The standard InChI is InChI=1S/C16H15NO4.Na/c1-17-16(20)13-8-3-2-6-11(13)12-7-4-5-9-14(12)21-10-15(18)19;/h2-9H,10H2,1H3,(H,17,20)(H,18,19);/q;+1/p-1. The van der Waals surface area contributed by atoms with Crippen LogP contribution in [0.1, 0.15) is 10.4 Å². The van der Waals surface area contributed by atoms with Gasteiger partial charge in [-0.25, -0.2) is 0 Å². The van der Waals surface area contributed by atoms with Gasteiger partial charge in [0.25, 0.3) is 5.91 Å². The second kappa shape index (κ2) is 8.58. The summed E-state index contributed by atoms with van der Waals surface area (Å²) in [6.07, 6.45) is 0. The number of hydrogen-bond acceptors (Lipinski definition) is 4. The van der Waals surface area contributed by atoms with Crippen molar-refractivity contribution in [2.45, 2.75) is 0 Å². The maximum Gasteiger partial charge on any atom is 1.00 e. The molecule has 0 saturated heterocycles. The molecule has 0 aliphatic heterocycles. The summed E-state index contributed by atoms with van der Waals surface area (Å²) in [5, 5.41) is 13.1. The molecule has 0 unspecified atom stereocenters. The Morgan fingerprint density at radius 3 is 2.27 bits per heavy atom. The molecule has 2 aromatic rings. The van der Waals surface area contributed by atoms with Crippen LogP contribution < -0.4 is 44.7 Å². The molecule has 0 aliphatic carbocycles. The molecule has 0 spiro atoms. The van der Waals surface area contributed by atoms with Gasteiger partial charge in [-0.15, -0.1) is 0 Å². The predicted octanol–water partition coefficient (Wildman–Crippen LogP) is -2.15. The van der Waals surface area contributed by atoms with Crippen LogP contribution in [0, 0.1) is 0 Å². The molecule has 0 bridgehead atoms. The first-order valence-corrected chi connectivity index (χ1v) is 6.36. The van der Waals surface area contributed by atoms with E-state index in [1.165, 1.54) is 0 Å². The van der Waals surface area contributed by atoms with Crippen LogP contribution in [0.5, 0.6) is 5.75 Å². The molecule has 6 heteroatoms. The van der Waals surface area contributed by atoms with E-state index in [1.807, 2.05) is 0 Å². The van der Waals surface area contributed by atoms with Crippen molar-refractivity contribution in [3.8, 4) is 16.9 Å². The molecule has 0 saturated carbocycles. The van der Waals surface area contributed by atoms with Gasteiger partial charge in [0.05, 0.1) is 5.97 Å². The Hall–Kier alpha value is -1.82. The van der Waals surface area contributed by atoms with Crippen molar-refractivity contribution in [1.29, 1.82) is 0 Å². The number of rotatable bonds is 5. The van der Waals surface area contributed by atoms with Crippen molar-refractivity contribution >= 4 is 11.9 Å². The molecule has 0 aromatic heterocycles. The van der Waals surface area contributed by atoms with Crippen LogP contribution in [0.25, 0.3) is 11.1 Å². The number of para-hydroxylation sites is 1. The second-order valence-corrected chi connectivity index (χ2v) is 4.28. The maximum atomic E-state index is 11.9. The Labute approximate surface area is 150 Å². The fourth-order valence-corrected chi connectivity index (χ4v) is 2.00. The zero-order chi connectivity index (χ0) is 15.2. The van der Waals surface area contributed by atoms with Gasteiger partial charge in [0, 0.05) is 18.2 Å². The number of hydrogen-bond donors (Lipinski definition) is 1. The summed E-state index contributed by atoms with van der Waals surface area (Å²) < 4.78 is 5.23. The van der Waals surface area contributed by atoms with Crippen molar-refractivity contribution in [3.05, 3.63) is 54.1 Å². The molecule has 5 nitrogen and oxygen atoms in total. The quantitative estimate of drug-likeness (QED) is 0.639. The fraction of sp³-hybridized carbons (Fsp3) is 0.125. The molecule has 0 aliphatic rings. The number of ether oxygens (including phenoxy) is 1. The summed E-state index contributed by atoms with van der Waals surface area (Å²) in [7, 11) is 1.55. The zero-order valence-corrected chi connectivity index (χ0v) is 14.5. The van der Waals surface area contributed by atoms with E-state index in [0.717, 1.165) is 0 Å². The molecule has 0 heterocycles. The van der Waals surface area contributed by atoms with Gasteiger partial charge in [0.2, 0.25) is 0 Å². The largest absolute Gasteiger partial charge is 1.00 e. The van der Waals surface area contributed by atoms with E-state index in [9.17, 15) is 14.7 Å². The first-order chi connectivity index (χ1) is 10.1. The number of nitrogens with one attached hydrogen (secondary N) is 1. The minimum atomic E-state index is -1.30. The van der Waals surface area contributed by atoms with Crippen molar-refractivity contribution in [2.75, 3.05) is 13.7 Å². The molecule has 1 N–H and O–H groups in total. The SMILES string of the molecule is CNC(=O)c1ccccc1-c1ccccc1OCC(=O)[O-].[Na+]. The molecule has 0 radical (unpaired) electrons. The van der Waals surface area contributed by atoms with Gasteiger partial charge in [-0.3, -0.25) is 4.79 Å². The van der Waals surface area contributed by atoms with E-state index in [-0.39, 0.29) is 35.5 Å². The van der Waals surface area contributed by atoms with Crippen molar-refractivity contribution in [3.63, 3.8) is 0 Å². The van der Waals surface area contributed by atoms with Crippen LogP contribution in [-0.4, -0.2) is 25.5 Å². The molecule has 2 aromatic carbocycles. The van der Waals surface area contributed by atoms with Crippen LogP contribution in [-0.2, 0) is 4.79 Å². The molecule has 0 fully saturated rings. The van der Waals surface area contributed by atoms with Gasteiger partial charge in [-0.05, 0) is 17.7 Å². The third kappa shape index (κ3) is 4.34. The topological polar surface area (TPSA) is 78.5 Å². The molecule has 108 valence electrons. The first kappa shape index (κ1) is 18.2. The number of carbonyl (C=O) groups excluding carboxylic acids is 2. The van der Waals surface area contributed by atoms with E-state index < -0.39 is 12.6 Å². The van der Waals surface area contributed by atoms with Gasteiger partial charge in [-0.1, -0.05) is 36.4 Å². The Kier molecular flexibility index (Phi) is 7.11. The second-order valence-electron chi connectivity index (χ2n) is 4.28. The first-order valence-electron chi connectivity index (χ1n) is 6.36. The summed E-state index contributed by atoms with van der Waals surface area (Å²) in [6.45, 7) is -0.543. The molecule has 1 amide bonds. The third-order valence-electron chi connectivity index (χ3n) is 2.92. The maximum absolute atomic E-state index is 11.9. The van der Waals surface area contributed by atoms with Gasteiger partial charge in [0.1, 0.15) is 12.4 Å². The van der Waals surface area contributed by atoms with Crippen LogP contribution in [0.2, 0.25) is 0 Å². The molecule has 0 atom stereocenters. The number of aliphatic carboxylic acids is 1. The molecule has 2 rings (SSSR count). The average molecular weight is 307 g/mol. The van der Waals surface area contributed by atoms with Crippen LogP contribution in [0.15, 0.2) is 48.5 Å². The van der Waals surface area contributed by atoms with Crippen LogP contribution in [0.4, 0.5) is 0 Å². The normalized spacial score (nSPS) is 9.50. The monoisotopic (exact) mass is 307 g/mol. The molecular formula is C16H14NNaO4. The van der Waals surface area contributed by atoms with Gasteiger partial charge < -0.3 is 20.0 Å². The fourth-order valence-electron chi connectivity index (χ4n) is 2.00. The van der Waals surface area contributed by atoms with Gasteiger partial charge in [-0.2, -0.15) is 0 Å². The van der Waals surface area contributed by atoms with E-state index >= 15 is 0 Å². The summed E-state index contributed by atoms with van der Waals surface area (Å²) in [5.41, 5.74) is 1.81. The smallest absolute Gasteiger partial charge is 0.546 e. The number of amides is 1. The Morgan fingerprint density at radius 2 is 1.64 bits per heavy atom. The minimum absolute atomic E-state index is 0. The van der Waals surface area contributed by atoms with Crippen LogP contribution in [0.3, 0.4) is 0 Å². The Balaban J connectivity index is 0.00000242. The van der Waals surface area contributed by atoms with Crippen molar-refractivity contribution in [1.82, 2.24) is 5.32 Å². The van der Waals surface area contributed by atoms with E-state index in [2.05, 4.69) is 5.32 Å². The summed E-state index contributed by atoms with van der Waals surface area (Å²) >= 11 is 0. The van der Waals surface area contributed by atoms with Crippen molar-refractivity contribution < 1.29 is 49.0 Å². The number of carboxylic acids is 1. The summed E-state index contributed by atoms with van der Waals surface area (Å²) in [4.78, 5) is 22.5. The zero-order valence-electron chi connectivity index (χ0n) is 12.5. The Bertz CT molecular complexity index is 673. The van der Waals surface area contributed by atoms with E-state index in [0.29, 0.717) is 22.4 Å². The van der Waals surface area contributed by atoms with Gasteiger partial charge >= 0.3 is 29.6 Å². The summed E-state index contributed by atoms with van der Waals surface area (Å²) in [5.74, 6) is -1.14. The number of carbonyl (C=O) groups is 2. The average Bonchev–Trinajstić information content (AvgIpc) is 2.52. The van der Waals surface area contributed by atoms with Crippen LogP contribution >= 0.6 is 0 Å². The number of benzene rings is 2. The van der Waals surface area contributed by atoms with E-state index in [1.54, 1.807) is 55.6 Å². The van der Waals surface area contributed by atoms with E-state index in [4.69, 9.17) is 4.74 Å². The molecule has 22 heavy (non-hydrogen) atoms. The molecular weight excluding hydrogens is 293 g/mol. The van der Waals surface area contributed by atoms with Crippen molar-refractivity contribution in [2.24, 2.45) is 0 Å². The van der Waals surface area contributed by atoms with Gasteiger partial charge in [0.15, 0.2) is 0 Å². The summed E-state index contributed by atoms with van der Waals surface area (Å²) in [6, 6.07) is 14.0. The number of carboxylic acid groups (broad SMARTS) is 1.